The smallest absolute Gasteiger partial charge is 0.435 e. The molecule has 2 heterocycles. The number of ether oxygens (including phenoxy) is 2. The van der Waals surface area contributed by atoms with Crippen LogP contribution in [-0.2, 0) is 35.3 Å². The lowest BCUT2D eigenvalue weighted by Gasteiger charge is -2.28. The summed E-state index contributed by atoms with van der Waals surface area (Å²) in [5, 5.41) is 20.7. The van der Waals surface area contributed by atoms with Crippen LogP contribution in [0.4, 0.5) is 18.0 Å². The molecule has 2 aromatic carbocycles. The van der Waals surface area contributed by atoms with Gasteiger partial charge in [0, 0.05) is 12.5 Å². The van der Waals surface area contributed by atoms with Gasteiger partial charge < -0.3 is 14.7 Å². The number of hydrazine groups is 1. The van der Waals surface area contributed by atoms with Crippen molar-refractivity contribution in [1.82, 2.24) is 19.5 Å². The molecule has 1 aliphatic heterocycles. The lowest BCUT2D eigenvalue weighted by atomic mass is 9.97. The summed E-state index contributed by atoms with van der Waals surface area (Å²) < 4.78 is 79.6. The van der Waals surface area contributed by atoms with E-state index in [1.807, 2.05) is 6.92 Å². The molecule has 18 heteroatoms. The summed E-state index contributed by atoms with van der Waals surface area (Å²) in [6.45, 7) is 8.24. The molecule has 48 heavy (non-hydrogen) atoms. The van der Waals surface area contributed by atoms with Gasteiger partial charge in [-0.3, -0.25) is 9.63 Å². The SMILES string of the molecule is Cc1ccc(-c2cc(C(F)(F)F)nn2-c2ccc(S(=O)(=O)NC(=O)OC3CCCN([N+]([O-])=NOC(C)OC(=O)C(C)(C)C)C3)cc2)cc1. The van der Waals surface area contributed by atoms with Crippen LogP contribution in [0.25, 0.3) is 16.9 Å². The van der Waals surface area contributed by atoms with Crippen LogP contribution in [0.2, 0.25) is 0 Å². The molecule has 1 aliphatic rings. The molecule has 1 amide bonds. The highest BCUT2D eigenvalue weighted by molar-refractivity contribution is 7.90. The number of benzene rings is 2. The van der Waals surface area contributed by atoms with Gasteiger partial charge in [-0.1, -0.05) is 29.8 Å². The minimum absolute atomic E-state index is 0.120. The van der Waals surface area contributed by atoms with Crippen molar-refractivity contribution >= 4 is 22.1 Å². The molecule has 0 saturated carbocycles. The highest BCUT2D eigenvalue weighted by atomic mass is 32.2. The van der Waals surface area contributed by atoms with E-state index < -0.39 is 51.8 Å². The third kappa shape index (κ3) is 9.14. The fourth-order valence-corrected chi connectivity index (χ4v) is 5.31. The summed E-state index contributed by atoms with van der Waals surface area (Å²) in [5.74, 6) is -0.560. The summed E-state index contributed by atoms with van der Waals surface area (Å²) in [5.41, 5.74) is -0.275. The highest BCUT2D eigenvalue weighted by Gasteiger charge is 2.35. The highest BCUT2D eigenvalue weighted by Crippen LogP contribution is 2.33. The number of carbonyl (C=O) groups excluding carboxylic acids is 2. The number of carbonyl (C=O) groups is 2. The molecule has 1 saturated heterocycles. The Morgan fingerprint density at radius 1 is 1.10 bits per heavy atom. The van der Waals surface area contributed by atoms with E-state index in [1.165, 1.54) is 19.1 Å². The fourth-order valence-electron chi connectivity index (χ4n) is 4.44. The first kappa shape index (κ1) is 36.0. The molecule has 0 bridgehead atoms. The molecule has 260 valence electrons. The maximum atomic E-state index is 13.5. The van der Waals surface area contributed by atoms with Gasteiger partial charge in [0.25, 0.3) is 16.3 Å². The molecule has 1 aromatic heterocycles. The second-order valence-electron chi connectivity index (χ2n) is 12.0. The Balaban J connectivity index is 1.39. The average molecular weight is 697 g/mol. The number of alkyl halides is 3. The van der Waals surface area contributed by atoms with Crippen molar-refractivity contribution in [2.45, 2.75) is 70.9 Å². The number of nitrogens with one attached hydrogen (secondary N) is 1. The van der Waals surface area contributed by atoms with Crippen LogP contribution in [0.15, 0.2) is 64.8 Å². The van der Waals surface area contributed by atoms with E-state index in [9.17, 15) is 36.4 Å². The minimum Gasteiger partial charge on any atom is -0.569 e. The Morgan fingerprint density at radius 2 is 1.75 bits per heavy atom. The van der Waals surface area contributed by atoms with E-state index in [0.29, 0.717) is 18.4 Å². The fraction of sp³-hybridized carbons (Fsp3) is 0.433. The van der Waals surface area contributed by atoms with Crippen molar-refractivity contribution < 1.29 is 50.5 Å². The van der Waals surface area contributed by atoms with Crippen LogP contribution in [0.1, 0.15) is 51.8 Å². The van der Waals surface area contributed by atoms with Gasteiger partial charge >= 0.3 is 18.2 Å². The van der Waals surface area contributed by atoms with E-state index in [2.05, 4.69) is 10.4 Å². The Hall–Kier alpha value is -4.87. The van der Waals surface area contributed by atoms with Gasteiger partial charge in [0.05, 0.1) is 33.2 Å². The molecule has 4 rings (SSSR count). The van der Waals surface area contributed by atoms with Gasteiger partial charge in [0.2, 0.25) is 5.28 Å². The summed E-state index contributed by atoms with van der Waals surface area (Å²) in [7, 11) is -4.46. The first-order valence-electron chi connectivity index (χ1n) is 14.7. The second-order valence-corrected chi connectivity index (χ2v) is 13.7. The van der Waals surface area contributed by atoms with Crippen LogP contribution in [0, 0.1) is 17.5 Å². The number of amides is 1. The molecule has 1 fully saturated rings. The molecule has 0 spiro atoms. The number of hydrogen-bond acceptors (Lipinski definition) is 10. The molecule has 14 nitrogen and oxygen atoms in total. The standard InChI is InChI=1S/C30H35F3N6O8S/c1-19-8-10-21(11-9-19)25-17-26(30(31,32)33)34-38(25)22-12-14-24(15-13-22)48(43,44)35-28(41)46-23-7-6-16-37(18-23)39(42)36-47-20(2)45-27(40)29(3,4)5/h8-15,17,20,23H,6-7,16,18H2,1-5H3,(H,35,41). The Morgan fingerprint density at radius 3 is 2.35 bits per heavy atom. The predicted molar refractivity (Wildman–Crippen MR) is 162 cm³/mol. The summed E-state index contributed by atoms with van der Waals surface area (Å²) in [4.78, 5) is 29.2. The quantitative estimate of drug-likeness (QED) is 0.0993. The minimum atomic E-state index is -4.72. The van der Waals surface area contributed by atoms with Crippen LogP contribution in [0.5, 0.6) is 0 Å². The third-order valence-corrected chi connectivity index (χ3v) is 8.31. The first-order chi connectivity index (χ1) is 22.3. The normalized spacial score (nSPS) is 16.6. The van der Waals surface area contributed by atoms with Gasteiger partial charge in [0.1, 0.15) is 12.6 Å². The number of esters is 1. The maximum absolute atomic E-state index is 13.5. The molecular weight excluding hydrogens is 661 g/mol. The predicted octanol–water partition coefficient (Wildman–Crippen LogP) is 5.49. The summed E-state index contributed by atoms with van der Waals surface area (Å²) in [6.07, 6.45) is -7.35. The van der Waals surface area contributed by atoms with Gasteiger partial charge in [-0.25, -0.2) is 22.6 Å². The molecule has 0 radical (unpaired) electrons. The number of nitrogens with zero attached hydrogens (tertiary/aromatic N) is 5. The lowest BCUT2D eigenvalue weighted by Crippen LogP contribution is -2.45. The number of rotatable bonds is 9. The first-order valence-corrected chi connectivity index (χ1v) is 16.2. The topological polar surface area (TPSA) is 167 Å². The van der Waals surface area contributed by atoms with Crippen molar-refractivity contribution in [3.63, 3.8) is 0 Å². The van der Waals surface area contributed by atoms with Crippen molar-refractivity contribution in [3.05, 3.63) is 71.1 Å². The number of hydrogen-bond donors (Lipinski definition) is 1. The van der Waals surface area contributed by atoms with Crippen molar-refractivity contribution in [3.8, 4) is 16.9 Å². The lowest BCUT2D eigenvalue weighted by molar-refractivity contribution is -0.716. The Labute approximate surface area is 274 Å². The van der Waals surface area contributed by atoms with Crippen LogP contribution >= 0.6 is 0 Å². The average Bonchev–Trinajstić information content (AvgIpc) is 3.46. The third-order valence-electron chi connectivity index (χ3n) is 6.98. The van der Waals surface area contributed by atoms with Gasteiger partial charge in [-0.15, -0.1) is 5.01 Å². The van der Waals surface area contributed by atoms with E-state index >= 15 is 0 Å². The number of sulfonamides is 1. The van der Waals surface area contributed by atoms with Gasteiger partial charge in [-0.2, -0.15) is 18.3 Å². The van der Waals surface area contributed by atoms with Crippen molar-refractivity contribution in [2.24, 2.45) is 10.7 Å². The largest absolute Gasteiger partial charge is 0.569 e. The molecule has 2 atom stereocenters. The number of piperidine rings is 1. The molecular formula is C30H35F3N6O8S. The van der Waals surface area contributed by atoms with E-state index in [-0.39, 0.29) is 34.3 Å². The maximum Gasteiger partial charge on any atom is 0.435 e. The van der Waals surface area contributed by atoms with Crippen LogP contribution in [-0.4, -0.2) is 65.7 Å². The zero-order valence-corrected chi connectivity index (χ0v) is 27.5. The number of aryl methyl sites for hydroxylation is 1. The molecule has 1 N–H and O–H groups in total. The van der Waals surface area contributed by atoms with E-state index in [0.717, 1.165) is 33.5 Å². The second kappa shape index (κ2) is 14.1. The van der Waals surface area contributed by atoms with Crippen molar-refractivity contribution in [2.75, 3.05) is 13.1 Å². The molecule has 0 aliphatic carbocycles. The molecule has 2 unspecified atom stereocenters. The number of halogens is 3. The monoisotopic (exact) mass is 696 g/mol. The molecule has 3 aromatic rings. The summed E-state index contributed by atoms with van der Waals surface area (Å²) >= 11 is 0. The van der Waals surface area contributed by atoms with Gasteiger partial charge in [0.15, 0.2) is 5.69 Å². The van der Waals surface area contributed by atoms with Crippen LogP contribution < -0.4 is 4.72 Å². The van der Waals surface area contributed by atoms with Crippen LogP contribution in [0.3, 0.4) is 0 Å². The Bertz CT molecular complexity index is 1750. The van der Waals surface area contributed by atoms with Gasteiger partial charge in [-0.05, 0) is 70.9 Å². The van der Waals surface area contributed by atoms with E-state index in [4.69, 9.17) is 14.3 Å². The zero-order chi connectivity index (χ0) is 35.4. The number of aromatic nitrogens is 2. The summed E-state index contributed by atoms with van der Waals surface area (Å²) in [6, 6.07) is 12.4. The Kier molecular flexibility index (Phi) is 10.6. The van der Waals surface area contributed by atoms with Crippen molar-refractivity contribution in [1.29, 1.82) is 0 Å². The zero-order valence-electron chi connectivity index (χ0n) is 26.7. The van der Waals surface area contributed by atoms with E-state index in [1.54, 1.807) is 49.8 Å².